The predicted octanol–water partition coefficient (Wildman–Crippen LogP) is 1.13. The fraction of sp³-hybridized carbons (Fsp3) is 0.500. The average Bonchev–Trinajstić information content (AvgIpc) is 2.14. The molecule has 3 N–H and O–H groups in total. The Kier molecular flexibility index (Phi) is 3.91. The maximum atomic E-state index is 9.51. The van der Waals surface area contributed by atoms with Gasteiger partial charge in [0.05, 0.1) is 5.60 Å². The van der Waals surface area contributed by atoms with Gasteiger partial charge in [0.1, 0.15) is 12.4 Å². The molecule has 1 rings (SSSR count). The first kappa shape index (κ1) is 13.0. The first-order chi connectivity index (χ1) is 7.29. The second kappa shape index (κ2) is 4.82. The third kappa shape index (κ3) is 3.81. The molecule has 4 nitrogen and oxygen atoms in total. The molecule has 0 amide bonds. The van der Waals surface area contributed by atoms with Crippen molar-refractivity contribution in [1.82, 2.24) is 0 Å². The number of aliphatic hydroxyl groups excluding tert-OH is 1. The van der Waals surface area contributed by atoms with Crippen LogP contribution < -0.4 is 4.74 Å². The Morgan fingerprint density at radius 1 is 1.31 bits per heavy atom. The number of aryl methyl sites for hydroxylation is 1. The minimum absolute atomic E-state index is 0.189. The van der Waals surface area contributed by atoms with Crippen molar-refractivity contribution in [3.8, 4) is 5.75 Å². The van der Waals surface area contributed by atoms with E-state index >= 15 is 0 Å². The molecule has 0 aliphatic carbocycles. The van der Waals surface area contributed by atoms with Gasteiger partial charge in [0.25, 0.3) is 0 Å². The average molecular weight is 226 g/mol. The zero-order valence-electron chi connectivity index (χ0n) is 9.77. The largest absolute Gasteiger partial charge is 0.490 e. The van der Waals surface area contributed by atoms with Crippen molar-refractivity contribution in [2.45, 2.75) is 32.7 Å². The second-order valence-electron chi connectivity index (χ2n) is 4.50. The number of hydrogen-bond acceptors (Lipinski definition) is 4. The predicted molar refractivity (Wildman–Crippen MR) is 60.2 cm³/mol. The van der Waals surface area contributed by atoms with Gasteiger partial charge in [0.15, 0.2) is 6.29 Å². The van der Waals surface area contributed by atoms with Crippen molar-refractivity contribution in [2.75, 3.05) is 6.61 Å². The lowest BCUT2D eigenvalue weighted by molar-refractivity contribution is -0.0426. The molecule has 1 aromatic carbocycles. The Labute approximate surface area is 95.1 Å². The first-order valence-electron chi connectivity index (χ1n) is 5.11. The molecule has 0 saturated carbocycles. The van der Waals surface area contributed by atoms with Crippen LogP contribution in [0.4, 0.5) is 0 Å². The Hall–Kier alpha value is -1.10. The van der Waals surface area contributed by atoms with Crippen LogP contribution in [0.1, 0.15) is 31.3 Å². The molecule has 0 atom stereocenters. The highest BCUT2D eigenvalue weighted by molar-refractivity contribution is 5.36. The summed E-state index contributed by atoms with van der Waals surface area (Å²) in [6, 6.07) is 4.89. The van der Waals surface area contributed by atoms with E-state index in [1.165, 1.54) is 0 Å². The monoisotopic (exact) mass is 226 g/mol. The Balaban J connectivity index is 2.76. The summed E-state index contributed by atoms with van der Waals surface area (Å²) in [4.78, 5) is 0. The van der Waals surface area contributed by atoms with E-state index in [9.17, 15) is 5.11 Å². The molecular formula is C12H18O4. The van der Waals surface area contributed by atoms with Crippen LogP contribution in [0.5, 0.6) is 5.75 Å². The van der Waals surface area contributed by atoms with Crippen molar-refractivity contribution >= 4 is 0 Å². The van der Waals surface area contributed by atoms with Crippen molar-refractivity contribution in [3.63, 3.8) is 0 Å². The number of hydrogen-bond donors (Lipinski definition) is 3. The third-order valence-corrected chi connectivity index (χ3v) is 2.08. The van der Waals surface area contributed by atoms with Crippen LogP contribution in [0.3, 0.4) is 0 Å². The molecule has 0 aliphatic rings. The molecule has 90 valence electrons. The van der Waals surface area contributed by atoms with Crippen molar-refractivity contribution in [1.29, 1.82) is 0 Å². The Morgan fingerprint density at radius 2 is 1.94 bits per heavy atom. The molecule has 0 fully saturated rings. The van der Waals surface area contributed by atoms with Gasteiger partial charge in [-0.2, -0.15) is 0 Å². The number of benzene rings is 1. The molecule has 0 heterocycles. The zero-order chi connectivity index (χ0) is 12.3. The normalized spacial score (nSPS) is 11.9. The van der Waals surface area contributed by atoms with Gasteiger partial charge in [-0.1, -0.05) is 6.07 Å². The van der Waals surface area contributed by atoms with Crippen LogP contribution in [0.15, 0.2) is 18.2 Å². The van der Waals surface area contributed by atoms with Crippen LogP contribution in [0, 0.1) is 6.92 Å². The first-order valence-corrected chi connectivity index (χ1v) is 5.11. The highest BCUT2D eigenvalue weighted by Crippen LogP contribution is 2.22. The molecule has 4 heteroatoms. The molecule has 0 saturated heterocycles. The van der Waals surface area contributed by atoms with E-state index in [0.717, 1.165) is 5.56 Å². The molecule has 0 spiro atoms. The van der Waals surface area contributed by atoms with Crippen molar-refractivity contribution in [2.24, 2.45) is 0 Å². The van der Waals surface area contributed by atoms with Gasteiger partial charge in [0.2, 0.25) is 0 Å². The summed E-state index contributed by atoms with van der Waals surface area (Å²) in [7, 11) is 0. The number of ether oxygens (including phenoxy) is 1. The van der Waals surface area contributed by atoms with E-state index in [0.29, 0.717) is 11.3 Å². The van der Waals surface area contributed by atoms with Crippen LogP contribution in [-0.4, -0.2) is 27.5 Å². The van der Waals surface area contributed by atoms with Gasteiger partial charge in [-0.25, -0.2) is 0 Å². The van der Waals surface area contributed by atoms with Gasteiger partial charge >= 0.3 is 0 Å². The van der Waals surface area contributed by atoms with Crippen LogP contribution >= 0.6 is 0 Å². The van der Waals surface area contributed by atoms with Gasteiger partial charge in [-0.3, -0.25) is 0 Å². The van der Waals surface area contributed by atoms with Gasteiger partial charge in [-0.15, -0.1) is 0 Å². The zero-order valence-corrected chi connectivity index (χ0v) is 9.77. The van der Waals surface area contributed by atoms with E-state index in [2.05, 4.69) is 0 Å². The smallest absolute Gasteiger partial charge is 0.178 e. The summed E-state index contributed by atoms with van der Waals surface area (Å²) in [5.41, 5.74) is 0.338. The summed E-state index contributed by atoms with van der Waals surface area (Å²) in [6.45, 7) is 5.32. The molecule has 0 unspecified atom stereocenters. The molecule has 0 aliphatic heterocycles. The lowest BCUT2D eigenvalue weighted by Gasteiger charge is -2.19. The molecule has 0 radical (unpaired) electrons. The van der Waals surface area contributed by atoms with Crippen LogP contribution in [0.25, 0.3) is 0 Å². The quantitative estimate of drug-likeness (QED) is 0.673. The highest BCUT2D eigenvalue weighted by atomic mass is 16.5. The standard InChI is InChI=1S/C12H18O4/c1-8-6-9(11(13)14)4-5-10(8)16-7-12(2,3)15/h4-6,11,13-15H,7H2,1-3H3. The second-order valence-corrected chi connectivity index (χ2v) is 4.50. The fourth-order valence-corrected chi connectivity index (χ4v) is 1.25. The highest BCUT2D eigenvalue weighted by Gasteiger charge is 2.14. The summed E-state index contributed by atoms with van der Waals surface area (Å²) < 4.78 is 5.42. The van der Waals surface area contributed by atoms with Gasteiger partial charge < -0.3 is 20.1 Å². The molecule has 0 bridgehead atoms. The van der Waals surface area contributed by atoms with E-state index in [-0.39, 0.29) is 6.61 Å². The van der Waals surface area contributed by atoms with Gasteiger partial charge in [0, 0.05) is 5.56 Å². The van der Waals surface area contributed by atoms with E-state index in [4.69, 9.17) is 14.9 Å². The summed E-state index contributed by atoms with van der Waals surface area (Å²) in [5.74, 6) is 0.631. The maximum Gasteiger partial charge on any atom is 0.178 e. The van der Waals surface area contributed by atoms with E-state index < -0.39 is 11.9 Å². The van der Waals surface area contributed by atoms with Crippen molar-refractivity contribution in [3.05, 3.63) is 29.3 Å². The van der Waals surface area contributed by atoms with Crippen LogP contribution in [0.2, 0.25) is 0 Å². The maximum absolute atomic E-state index is 9.51. The minimum Gasteiger partial charge on any atom is -0.490 e. The third-order valence-electron chi connectivity index (χ3n) is 2.08. The lowest BCUT2D eigenvalue weighted by atomic mass is 10.1. The van der Waals surface area contributed by atoms with E-state index in [1.54, 1.807) is 32.0 Å². The van der Waals surface area contributed by atoms with E-state index in [1.807, 2.05) is 6.92 Å². The summed E-state index contributed by atoms with van der Waals surface area (Å²) in [6.07, 6.45) is -1.47. The SMILES string of the molecule is Cc1cc(C(O)O)ccc1OCC(C)(C)O. The fourth-order valence-electron chi connectivity index (χ4n) is 1.25. The molecule has 1 aromatic rings. The van der Waals surface area contributed by atoms with Gasteiger partial charge in [-0.05, 0) is 38.5 Å². The molecular weight excluding hydrogens is 208 g/mol. The Morgan fingerprint density at radius 3 is 2.38 bits per heavy atom. The summed E-state index contributed by atoms with van der Waals surface area (Å²) in [5, 5.41) is 27.5. The molecule has 0 aromatic heterocycles. The number of aliphatic hydroxyl groups is 3. The minimum atomic E-state index is -1.47. The lowest BCUT2D eigenvalue weighted by Crippen LogP contribution is -2.28. The van der Waals surface area contributed by atoms with Crippen LogP contribution in [-0.2, 0) is 0 Å². The molecule has 16 heavy (non-hydrogen) atoms. The van der Waals surface area contributed by atoms with Crippen molar-refractivity contribution < 1.29 is 20.1 Å². The summed E-state index contributed by atoms with van der Waals surface area (Å²) >= 11 is 0. The topological polar surface area (TPSA) is 69.9 Å². The number of rotatable bonds is 4. The Bertz CT molecular complexity index is 353.